The van der Waals surface area contributed by atoms with Gasteiger partial charge in [-0.2, -0.15) is 0 Å². The van der Waals surface area contributed by atoms with Gasteiger partial charge in [0.05, 0.1) is 5.69 Å². The highest BCUT2D eigenvalue weighted by molar-refractivity contribution is 5.93. The lowest BCUT2D eigenvalue weighted by Gasteiger charge is -2.17. The minimum atomic E-state index is -0.0228. The van der Waals surface area contributed by atoms with Crippen LogP contribution in [0.2, 0.25) is 0 Å². The molecule has 0 radical (unpaired) electrons. The molecule has 114 valence electrons. The summed E-state index contributed by atoms with van der Waals surface area (Å²) in [6.45, 7) is 9.22. The predicted octanol–water partition coefficient (Wildman–Crippen LogP) is 3.60. The SMILES string of the molecule is CCCCC(CC)CNC(=O)c1cc(N)cn1C(C)C. The van der Waals surface area contributed by atoms with Crippen molar-refractivity contribution in [1.29, 1.82) is 0 Å². The molecular formula is C16H29N3O. The van der Waals surface area contributed by atoms with Crippen LogP contribution in [0.5, 0.6) is 0 Å². The molecule has 0 saturated heterocycles. The number of hydrogen-bond donors (Lipinski definition) is 2. The molecule has 1 unspecified atom stereocenters. The third-order valence-corrected chi connectivity index (χ3v) is 3.75. The van der Waals surface area contributed by atoms with E-state index in [9.17, 15) is 4.79 Å². The minimum absolute atomic E-state index is 0.0228. The number of carbonyl (C=O) groups is 1. The van der Waals surface area contributed by atoms with Gasteiger partial charge in [-0.3, -0.25) is 4.79 Å². The summed E-state index contributed by atoms with van der Waals surface area (Å²) in [5, 5.41) is 3.05. The molecule has 0 aliphatic heterocycles. The lowest BCUT2D eigenvalue weighted by atomic mass is 9.99. The van der Waals surface area contributed by atoms with E-state index in [0.717, 1.165) is 13.0 Å². The maximum atomic E-state index is 12.3. The summed E-state index contributed by atoms with van der Waals surface area (Å²) < 4.78 is 1.93. The molecule has 1 rings (SSSR count). The standard InChI is InChI=1S/C16H29N3O/c1-5-7-8-13(6-2)10-18-16(20)15-9-14(17)11-19(15)12(3)4/h9,11-13H,5-8,10,17H2,1-4H3,(H,18,20). The van der Waals surface area contributed by atoms with Gasteiger partial charge in [0.2, 0.25) is 0 Å². The monoisotopic (exact) mass is 279 g/mol. The van der Waals surface area contributed by atoms with E-state index in [0.29, 0.717) is 17.3 Å². The fourth-order valence-corrected chi connectivity index (χ4v) is 2.38. The van der Waals surface area contributed by atoms with E-state index in [2.05, 4.69) is 19.2 Å². The molecule has 1 heterocycles. The third-order valence-electron chi connectivity index (χ3n) is 3.75. The first kappa shape index (κ1) is 16.6. The number of nitrogens with one attached hydrogen (secondary N) is 1. The highest BCUT2D eigenvalue weighted by atomic mass is 16.1. The molecule has 4 nitrogen and oxygen atoms in total. The molecule has 1 atom stereocenters. The maximum Gasteiger partial charge on any atom is 0.268 e. The molecule has 1 aromatic heterocycles. The molecule has 0 aliphatic carbocycles. The lowest BCUT2D eigenvalue weighted by Crippen LogP contribution is -2.31. The Morgan fingerprint density at radius 1 is 1.40 bits per heavy atom. The molecule has 1 amide bonds. The first-order valence-electron chi connectivity index (χ1n) is 7.75. The van der Waals surface area contributed by atoms with Gasteiger partial charge in [-0.25, -0.2) is 0 Å². The number of nitrogen functional groups attached to an aromatic ring is 1. The van der Waals surface area contributed by atoms with Crippen molar-refractivity contribution in [2.45, 2.75) is 59.4 Å². The number of anilines is 1. The van der Waals surface area contributed by atoms with E-state index in [1.807, 2.05) is 24.6 Å². The zero-order valence-electron chi connectivity index (χ0n) is 13.3. The Bertz CT molecular complexity index is 423. The van der Waals surface area contributed by atoms with Crippen molar-refractivity contribution >= 4 is 11.6 Å². The predicted molar refractivity (Wildman–Crippen MR) is 84.9 cm³/mol. The fraction of sp³-hybridized carbons (Fsp3) is 0.688. The number of aromatic nitrogens is 1. The lowest BCUT2D eigenvalue weighted by molar-refractivity contribution is 0.0935. The summed E-state index contributed by atoms with van der Waals surface area (Å²) in [5.41, 5.74) is 7.10. The quantitative estimate of drug-likeness (QED) is 0.764. The van der Waals surface area contributed by atoms with E-state index >= 15 is 0 Å². The second kappa shape index (κ2) is 7.98. The van der Waals surface area contributed by atoms with Gasteiger partial charge in [-0.15, -0.1) is 0 Å². The van der Waals surface area contributed by atoms with Crippen LogP contribution in [0, 0.1) is 5.92 Å². The molecule has 0 aromatic carbocycles. The molecule has 3 N–H and O–H groups in total. The van der Waals surface area contributed by atoms with Crippen molar-refractivity contribution in [3.8, 4) is 0 Å². The number of unbranched alkanes of at least 4 members (excludes halogenated alkanes) is 1. The van der Waals surface area contributed by atoms with Gasteiger partial charge < -0.3 is 15.6 Å². The number of nitrogens with zero attached hydrogens (tertiary/aromatic N) is 1. The number of hydrogen-bond acceptors (Lipinski definition) is 2. The Hall–Kier alpha value is -1.45. The average molecular weight is 279 g/mol. The average Bonchev–Trinajstić information content (AvgIpc) is 2.81. The zero-order chi connectivity index (χ0) is 15.1. The van der Waals surface area contributed by atoms with Crippen LogP contribution in [0.3, 0.4) is 0 Å². The number of nitrogens with two attached hydrogens (primary N) is 1. The van der Waals surface area contributed by atoms with Crippen molar-refractivity contribution in [1.82, 2.24) is 9.88 Å². The Balaban J connectivity index is 2.62. The first-order valence-corrected chi connectivity index (χ1v) is 7.75. The van der Waals surface area contributed by atoms with Crippen molar-refractivity contribution in [3.63, 3.8) is 0 Å². The van der Waals surface area contributed by atoms with E-state index in [1.165, 1.54) is 19.3 Å². The number of rotatable bonds is 8. The van der Waals surface area contributed by atoms with Crippen LogP contribution in [-0.4, -0.2) is 17.0 Å². The summed E-state index contributed by atoms with van der Waals surface area (Å²) in [6.07, 6.45) is 6.54. The van der Waals surface area contributed by atoms with Crippen molar-refractivity contribution in [3.05, 3.63) is 18.0 Å². The largest absolute Gasteiger partial charge is 0.397 e. The second-order valence-corrected chi connectivity index (χ2v) is 5.79. The highest BCUT2D eigenvalue weighted by Gasteiger charge is 2.15. The molecule has 4 heteroatoms. The Kier molecular flexibility index (Phi) is 6.62. The Morgan fingerprint density at radius 2 is 2.10 bits per heavy atom. The van der Waals surface area contributed by atoms with Gasteiger partial charge in [0, 0.05) is 18.8 Å². The van der Waals surface area contributed by atoms with Gasteiger partial charge in [0.1, 0.15) is 5.69 Å². The van der Waals surface area contributed by atoms with Crippen LogP contribution in [0.1, 0.15) is 69.9 Å². The summed E-state index contributed by atoms with van der Waals surface area (Å²) in [5.74, 6) is 0.545. The first-order chi connectivity index (χ1) is 9.49. The van der Waals surface area contributed by atoms with Crippen LogP contribution in [-0.2, 0) is 0 Å². The summed E-state index contributed by atoms with van der Waals surface area (Å²) in [4.78, 5) is 12.3. The molecule has 0 spiro atoms. The molecule has 20 heavy (non-hydrogen) atoms. The summed E-state index contributed by atoms with van der Waals surface area (Å²) >= 11 is 0. The van der Waals surface area contributed by atoms with Crippen LogP contribution >= 0.6 is 0 Å². The van der Waals surface area contributed by atoms with Gasteiger partial charge in [0.25, 0.3) is 5.91 Å². The van der Waals surface area contributed by atoms with Gasteiger partial charge in [-0.05, 0) is 32.3 Å². The van der Waals surface area contributed by atoms with Crippen molar-refractivity contribution in [2.75, 3.05) is 12.3 Å². The van der Waals surface area contributed by atoms with Gasteiger partial charge in [0.15, 0.2) is 0 Å². The van der Waals surface area contributed by atoms with Gasteiger partial charge in [-0.1, -0.05) is 33.1 Å². The van der Waals surface area contributed by atoms with E-state index in [4.69, 9.17) is 5.73 Å². The zero-order valence-corrected chi connectivity index (χ0v) is 13.3. The molecule has 0 aliphatic rings. The van der Waals surface area contributed by atoms with Crippen LogP contribution in [0.25, 0.3) is 0 Å². The molecule has 1 aromatic rings. The topological polar surface area (TPSA) is 60.1 Å². The van der Waals surface area contributed by atoms with E-state index < -0.39 is 0 Å². The smallest absolute Gasteiger partial charge is 0.268 e. The van der Waals surface area contributed by atoms with Crippen molar-refractivity contribution in [2.24, 2.45) is 5.92 Å². The summed E-state index contributed by atoms with van der Waals surface area (Å²) in [7, 11) is 0. The second-order valence-electron chi connectivity index (χ2n) is 5.79. The number of amides is 1. The van der Waals surface area contributed by atoms with Gasteiger partial charge >= 0.3 is 0 Å². The Morgan fingerprint density at radius 3 is 2.65 bits per heavy atom. The Labute approximate surface area is 122 Å². The fourth-order valence-electron chi connectivity index (χ4n) is 2.38. The van der Waals surface area contributed by atoms with Crippen LogP contribution in [0.4, 0.5) is 5.69 Å². The molecule has 0 fully saturated rings. The minimum Gasteiger partial charge on any atom is -0.397 e. The normalized spacial score (nSPS) is 12.7. The van der Waals surface area contributed by atoms with E-state index in [1.54, 1.807) is 6.07 Å². The van der Waals surface area contributed by atoms with Crippen molar-refractivity contribution < 1.29 is 4.79 Å². The maximum absolute atomic E-state index is 12.3. The third kappa shape index (κ3) is 4.58. The van der Waals surface area contributed by atoms with Crippen LogP contribution in [0.15, 0.2) is 12.3 Å². The van der Waals surface area contributed by atoms with Crippen LogP contribution < -0.4 is 11.1 Å². The summed E-state index contributed by atoms with van der Waals surface area (Å²) in [6, 6.07) is 1.98. The highest BCUT2D eigenvalue weighted by Crippen LogP contribution is 2.17. The van der Waals surface area contributed by atoms with E-state index in [-0.39, 0.29) is 11.9 Å². The molecule has 0 bridgehead atoms. The number of carbonyl (C=O) groups excluding carboxylic acids is 1. The molecular weight excluding hydrogens is 250 g/mol. The molecule has 0 saturated carbocycles.